The quantitative estimate of drug-likeness (QED) is 0.261. The van der Waals surface area contributed by atoms with Crippen molar-refractivity contribution >= 4 is 13.8 Å². The molecule has 7 nitrogen and oxygen atoms in total. The van der Waals surface area contributed by atoms with Gasteiger partial charge in [-0.05, 0) is 116 Å². The fourth-order valence-corrected chi connectivity index (χ4v) is 8.81. The maximum atomic E-state index is 13.0. The molecular formula is C28H43NO6P. The number of phosphoric acid groups is 1. The molecular weight excluding hydrogens is 477 g/mol. The van der Waals surface area contributed by atoms with Crippen molar-refractivity contribution in [3.63, 3.8) is 0 Å². The molecule has 36 heavy (non-hydrogen) atoms. The van der Waals surface area contributed by atoms with E-state index in [4.69, 9.17) is 14.5 Å². The number of carbonyl (C=O) groups excluding carboxylic acids is 1. The molecule has 3 unspecified atom stereocenters. The first-order chi connectivity index (χ1) is 16.6. The molecule has 201 valence electrons. The Morgan fingerprint density at radius 1 is 1.06 bits per heavy atom. The number of phosphoric ester groups is 1. The summed E-state index contributed by atoms with van der Waals surface area (Å²) in [6.45, 7) is 16.9. The zero-order valence-electron chi connectivity index (χ0n) is 23.0. The molecule has 2 fully saturated rings. The lowest BCUT2D eigenvalue weighted by Gasteiger charge is -2.61. The van der Waals surface area contributed by atoms with Crippen LogP contribution in [-0.2, 0) is 25.7 Å². The van der Waals surface area contributed by atoms with E-state index in [0.29, 0.717) is 23.0 Å². The van der Waals surface area contributed by atoms with E-state index in [1.54, 1.807) is 0 Å². The van der Waals surface area contributed by atoms with Crippen molar-refractivity contribution in [1.29, 1.82) is 0 Å². The predicted molar refractivity (Wildman–Crippen MR) is 140 cm³/mol. The summed E-state index contributed by atoms with van der Waals surface area (Å²) in [6.07, 6.45) is 7.29. The second-order valence-electron chi connectivity index (χ2n) is 12.6. The SMILES string of the molecule is CNC([CH]OP(=O)(O)O)C(=O)Oc1c(C)c(C)c2c(c1C)C[C@H]1C2(C)CCC2C(C)(C)CCC[C@@]21C. The van der Waals surface area contributed by atoms with E-state index in [1.807, 2.05) is 13.8 Å². The maximum Gasteiger partial charge on any atom is 0.470 e. The molecule has 3 aliphatic carbocycles. The van der Waals surface area contributed by atoms with Gasteiger partial charge >= 0.3 is 13.8 Å². The van der Waals surface area contributed by atoms with Crippen LogP contribution in [0, 0.1) is 50.0 Å². The van der Waals surface area contributed by atoms with Crippen molar-refractivity contribution in [1.82, 2.24) is 5.32 Å². The van der Waals surface area contributed by atoms with E-state index in [-0.39, 0.29) is 10.8 Å². The van der Waals surface area contributed by atoms with Gasteiger partial charge in [-0.25, -0.2) is 9.36 Å². The minimum Gasteiger partial charge on any atom is -0.425 e. The van der Waals surface area contributed by atoms with E-state index in [1.165, 1.54) is 55.8 Å². The Hall–Kier alpha value is -1.24. The first-order valence-corrected chi connectivity index (χ1v) is 14.7. The highest BCUT2D eigenvalue weighted by atomic mass is 31.2. The molecule has 4 rings (SSSR count). The Kier molecular flexibility index (Phi) is 7.10. The van der Waals surface area contributed by atoms with E-state index in [0.717, 1.165) is 24.2 Å². The minimum atomic E-state index is -4.75. The third kappa shape index (κ3) is 4.39. The van der Waals surface area contributed by atoms with Crippen molar-refractivity contribution in [2.75, 3.05) is 7.05 Å². The molecule has 3 aliphatic rings. The number of rotatable bonds is 6. The summed E-state index contributed by atoms with van der Waals surface area (Å²) in [5.74, 6) is 1.15. The lowest BCUT2D eigenvalue weighted by molar-refractivity contribution is -0.136. The fraction of sp³-hybridized carbons (Fsp3) is 0.714. The van der Waals surface area contributed by atoms with E-state index in [2.05, 4.69) is 44.5 Å². The molecule has 8 heteroatoms. The average molecular weight is 521 g/mol. The molecule has 0 heterocycles. The van der Waals surface area contributed by atoms with Crippen LogP contribution in [0.1, 0.15) is 87.6 Å². The number of hydrogen-bond acceptors (Lipinski definition) is 5. The van der Waals surface area contributed by atoms with Crippen molar-refractivity contribution in [2.24, 2.45) is 22.7 Å². The van der Waals surface area contributed by atoms with Crippen LogP contribution in [0.2, 0.25) is 0 Å². The number of esters is 1. The van der Waals surface area contributed by atoms with Crippen LogP contribution in [0.5, 0.6) is 5.75 Å². The number of ether oxygens (including phenoxy) is 1. The first kappa shape index (κ1) is 27.8. The molecule has 1 aromatic carbocycles. The molecule has 5 atom stereocenters. The summed E-state index contributed by atoms with van der Waals surface area (Å²) in [4.78, 5) is 31.0. The Bertz CT molecular complexity index is 1110. The molecule has 1 radical (unpaired) electrons. The fourth-order valence-electron chi connectivity index (χ4n) is 8.53. The van der Waals surface area contributed by atoms with Gasteiger partial charge in [0.25, 0.3) is 0 Å². The number of hydrogen-bond donors (Lipinski definition) is 3. The summed E-state index contributed by atoms with van der Waals surface area (Å²) in [6, 6.07) is -1.12. The normalized spacial score (nSPS) is 31.8. The van der Waals surface area contributed by atoms with Crippen molar-refractivity contribution in [3.8, 4) is 5.75 Å². The smallest absolute Gasteiger partial charge is 0.425 e. The topological polar surface area (TPSA) is 105 Å². The molecule has 0 spiro atoms. The van der Waals surface area contributed by atoms with Crippen molar-refractivity contribution < 1.29 is 28.4 Å². The van der Waals surface area contributed by atoms with Crippen LogP contribution in [0.25, 0.3) is 0 Å². The highest BCUT2D eigenvalue weighted by molar-refractivity contribution is 7.46. The highest BCUT2D eigenvalue weighted by Gasteiger charge is 2.61. The van der Waals surface area contributed by atoms with Gasteiger partial charge in [0.1, 0.15) is 18.4 Å². The van der Waals surface area contributed by atoms with Gasteiger partial charge in [-0.3, -0.25) is 4.52 Å². The molecule has 1 aromatic rings. The molecule has 0 aliphatic heterocycles. The van der Waals surface area contributed by atoms with E-state index in [9.17, 15) is 9.36 Å². The number of likely N-dealkylation sites (N-methyl/N-ethyl adjacent to an activating group) is 1. The van der Waals surface area contributed by atoms with Gasteiger partial charge in [-0.15, -0.1) is 0 Å². The average Bonchev–Trinajstić information content (AvgIpc) is 3.09. The molecule has 0 bridgehead atoms. The van der Waals surface area contributed by atoms with E-state index >= 15 is 0 Å². The molecule has 0 amide bonds. The van der Waals surface area contributed by atoms with E-state index < -0.39 is 19.8 Å². The third-order valence-corrected chi connectivity index (χ3v) is 10.6. The number of fused-ring (bicyclic) bond motifs is 5. The van der Waals surface area contributed by atoms with Gasteiger partial charge in [0.2, 0.25) is 0 Å². The van der Waals surface area contributed by atoms with Crippen LogP contribution in [0.15, 0.2) is 0 Å². The predicted octanol–water partition coefficient (Wildman–Crippen LogP) is 5.43. The Morgan fingerprint density at radius 2 is 1.72 bits per heavy atom. The Morgan fingerprint density at radius 3 is 2.33 bits per heavy atom. The number of carbonyl (C=O) groups is 1. The van der Waals surface area contributed by atoms with Gasteiger partial charge in [0.15, 0.2) is 0 Å². The largest absolute Gasteiger partial charge is 0.470 e. The van der Waals surface area contributed by atoms with Crippen molar-refractivity contribution in [2.45, 2.75) is 98.4 Å². The number of nitrogens with one attached hydrogen (secondary N) is 1. The zero-order valence-corrected chi connectivity index (χ0v) is 23.9. The lowest BCUT2D eigenvalue weighted by atomic mass is 9.43. The zero-order chi connectivity index (χ0) is 26.8. The number of benzene rings is 1. The summed E-state index contributed by atoms with van der Waals surface area (Å²) in [5, 5.41) is 2.69. The first-order valence-electron chi connectivity index (χ1n) is 13.2. The van der Waals surface area contributed by atoms with Crippen LogP contribution < -0.4 is 10.1 Å². The third-order valence-electron chi connectivity index (χ3n) is 10.2. The van der Waals surface area contributed by atoms with Gasteiger partial charge in [0.05, 0.1) is 0 Å². The lowest BCUT2D eigenvalue weighted by Crippen LogP contribution is -2.55. The van der Waals surface area contributed by atoms with Crippen LogP contribution in [0.3, 0.4) is 0 Å². The van der Waals surface area contributed by atoms with Gasteiger partial charge < -0.3 is 19.8 Å². The van der Waals surface area contributed by atoms with Gasteiger partial charge in [-0.2, -0.15) is 0 Å². The molecule has 0 aromatic heterocycles. The monoisotopic (exact) mass is 520 g/mol. The summed E-state index contributed by atoms with van der Waals surface area (Å²) < 4.78 is 21.4. The van der Waals surface area contributed by atoms with Crippen LogP contribution in [0.4, 0.5) is 0 Å². The molecule has 2 saturated carbocycles. The Labute approximate surface area is 216 Å². The summed E-state index contributed by atoms with van der Waals surface area (Å²) >= 11 is 0. The minimum absolute atomic E-state index is 0.106. The molecule has 3 N–H and O–H groups in total. The highest BCUT2D eigenvalue weighted by Crippen LogP contribution is 2.68. The second-order valence-corrected chi connectivity index (χ2v) is 13.8. The summed E-state index contributed by atoms with van der Waals surface area (Å²) in [5.41, 5.74) is 6.65. The Balaban J connectivity index is 1.70. The second kappa shape index (κ2) is 9.20. The molecule has 0 saturated heterocycles. The maximum absolute atomic E-state index is 13.0. The van der Waals surface area contributed by atoms with Crippen LogP contribution in [-0.4, -0.2) is 28.8 Å². The van der Waals surface area contributed by atoms with Crippen molar-refractivity contribution in [3.05, 3.63) is 34.4 Å². The van der Waals surface area contributed by atoms with Gasteiger partial charge in [0, 0.05) is 0 Å². The standard InChI is InChI=1S/C28H43NO6P/c1-16-17(2)24(35-25(30)20(29-8)15-34-36(31,32)33)18(3)19-14-22-27(6)12-9-11-26(4,5)21(27)10-13-28(22,7)23(16)19/h15,20-22,29H,9-14H2,1-8H3,(H2,31,32,33)/t20?,21?,22-,27+,28?/m1/s1. The van der Waals surface area contributed by atoms with Gasteiger partial charge in [-0.1, -0.05) is 34.1 Å². The van der Waals surface area contributed by atoms with Crippen LogP contribution >= 0.6 is 7.82 Å². The summed E-state index contributed by atoms with van der Waals surface area (Å²) in [7, 11) is -3.24.